The lowest BCUT2D eigenvalue weighted by molar-refractivity contribution is -0.0940. The summed E-state index contributed by atoms with van der Waals surface area (Å²) in [6.45, 7) is 3.42. The lowest BCUT2D eigenvalue weighted by Gasteiger charge is -2.33. The molecule has 0 saturated carbocycles. The standard InChI is InChI=1S/C16H21NO5S/c1-12(18)13-4-2-6-15(10-13)23(19,20)17-7-3-5-14(11-17)16-21-8-9-22-16/h2,4,6,10,14,16H,3,5,7-9,11H2,1H3. The Bertz CT molecular complexity index is 681. The maximum absolute atomic E-state index is 12.9. The minimum atomic E-state index is -3.61. The van der Waals surface area contributed by atoms with E-state index in [1.807, 2.05) is 0 Å². The second-order valence-corrected chi connectivity index (χ2v) is 7.90. The number of hydrogen-bond donors (Lipinski definition) is 0. The summed E-state index contributed by atoms with van der Waals surface area (Å²) in [6, 6.07) is 6.21. The van der Waals surface area contributed by atoms with Crippen LogP contribution in [0.5, 0.6) is 0 Å². The summed E-state index contributed by atoms with van der Waals surface area (Å²) in [7, 11) is -3.61. The highest BCUT2D eigenvalue weighted by Gasteiger charge is 2.36. The highest BCUT2D eigenvalue weighted by Crippen LogP contribution is 2.28. The molecule has 2 fully saturated rings. The molecule has 0 amide bonds. The zero-order chi connectivity index (χ0) is 16.4. The monoisotopic (exact) mass is 339 g/mol. The molecule has 0 N–H and O–H groups in total. The van der Waals surface area contributed by atoms with Crippen molar-refractivity contribution >= 4 is 15.8 Å². The van der Waals surface area contributed by atoms with Crippen molar-refractivity contribution in [3.63, 3.8) is 0 Å². The van der Waals surface area contributed by atoms with Crippen LogP contribution < -0.4 is 0 Å². The first-order valence-corrected chi connectivity index (χ1v) is 9.27. The lowest BCUT2D eigenvalue weighted by Crippen LogP contribution is -2.43. The van der Waals surface area contributed by atoms with Crippen molar-refractivity contribution < 1.29 is 22.7 Å². The Morgan fingerprint density at radius 2 is 2.00 bits per heavy atom. The fourth-order valence-corrected chi connectivity index (χ4v) is 4.67. The van der Waals surface area contributed by atoms with E-state index in [2.05, 4.69) is 0 Å². The van der Waals surface area contributed by atoms with Gasteiger partial charge >= 0.3 is 0 Å². The number of piperidine rings is 1. The van der Waals surface area contributed by atoms with E-state index in [1.165, 1.54) is 23.4 Å². The Morgan fingerprint density at radius 1 is 1.26 bits per heavy atom. The number of Topliss-reactive ketones (excluding diaryl/α,β-unsaturated/α-hetero) is 1. The van der Waals surface area contributed by atoms with Gasteiger partial charge < -0.3 is 9.47 Å². The maximum Gasteiger partial charge on any atom is 0.243 e. The number of rotatable bonds is 4. The number of ether oxygens (including phenoxy) is 2. The van der Waals surface area contributed by atoms with Gasteiger partial charge in [0.15, 0.2) is 12.1 Å². The molecule has 1 aromatic rings. The number of hydrogen-bond acceptors (Lipinski definition) is 5. The molecule has 2 saturated heterocycles. The predicted molar refractivity (Wildman–Crippen MR) is 83.6 cm³/mol. The normalized spacial score (nSPS) is 24.0. The Morgan fingerprint density at radius 3 is 2.70 bits per heavy atom. The Labute approximate surface area is 136 Å². The second-order valence-electron chi connectivity index (χ2n) is 5.96. The van der Waals surface area contributed by atoms with Gasteiger partial charge in [-0.2, -0.15) is 4.31 Å². The van der Waals surface area contributed by atoms with Crippen LogP contribution in [0.4, 0.5) is 0 Å². The molecule has 126 valence electrons. The van der Waals surface area contributed by atoms with Gasteiger partial charge in [0.05, 0.1) is 18.1 Å². The minimum Gasteiger partial charge on any atom is -0.350 e. The molecule has 0 spiro atoms. The Balaban J connectivity index is 1.81. The van der Waals surface area contributed by atoms with Gasteiger partial charge in [-0.05, 0) is 31.9 Å². The molecule has 1 unspecified atom stereocenters. The molecule has 2 aliphatic rings. The SMILES string of the molecule is CC(=O)c1cccc(S(=O)(=O)N2CCCC(C3OCCO3)C2)c1. The third-order valence-electron chi connectivity index (χ3n) is 4.33. The fraction of sp³-hybridized carbons (Fsp3) is 0.562. The smallest absolute Gasteiger partial charge is 0.243 e. The molecular weight excluding hydrogens is 318 g/mol. The average Bonchev–Trinajstić information content (AvgIpc) is 3.09. The number of carbonyl (C=O) groups excluding carboxylic acids is 1. The van der Waals surface area contributed by atoms with Crippen LogP contribution in [0, 0.1) is 5.92 Å². The molecule has 2 heterocycles. The third-order valence-corrected chi connectivity index (χ3v) is 6.19. The summed E-state index contributed by atoms with van der Waals surface area (Å²) >= 11 is 0. The van der Waals surface area contributed by atoms with E-state index < -0.39 is 10.0 Å². The van der Waals surface area contributed by atoms with Crippen LogP contribution >= 0.6 is 0 Å². The highest BCUT2D eigenvalue weighted by molar-refractivity contribution is 7.89. The number of benzene rings is 1. The lowest BCUT2D eigenvalue weighted by atomic mass is 9.99. The molecule has 2 aliphatic heterocycles. The predicted octanol–water partition coefficient (Wildman–Crippen LogP) is 1.66. The number of ketones is 1. The van der Waals surface area contributed by atoms with E-state index in [9.17, 15) is 13.2 Å². The first-order chi connectivity index (χ1) is 11.0. The first-order valence-electron chi connectivity index (χ1n) is 7.83. The molecule has 3 rings (SSSR count). The molecule has 6 nitrogen and oxygen atoms in total. The van der Waals surface area contributed by atoms with Gasteiger partial charge in [-0.25, -0.2) is 8.42 Å². The summed E-state index contributed by atoms with van der Waals surface area (Å²) in [5.41, 5.74) is 0.405. The van der Waals surface area contributed by atoms with Crippen molar-refractivity contribution in [3.05, 3.63) is 29.8 Å². The van der Waals surface area contributed by atoms with Gasteiger partial charge in [0, 0.05) is 24.6 Å². The summed E-state index contributed by atoms with van der Waals surface area (Å²) in [6.07, 6.45) is 1.36. The molecule has 23 heavy (non-hydrogen) atoms. The van der Waals surface area contributed by atoms with Gasteiger partial charge in [0.25, 0.3) is 0 Å². The largest absolute Gasteiger partial charge is 0.350 e. The molecular formula is C16H21NO5S. The van der Waals surface area contributed by atoms with Crippen molar-refractivity contribution in [2.45, 2.75) is 31.0 Å². The van der Waals surface area contributed by atoms with Crippen LogP contribution in [0.1, 0.15) is 30.1 Å². The fourth-order valence-electron chi connectivity index (χ4n) is 3.09. The molecule has 1 atom stereocenters. The van der Waals surface area contributed by atoms with Gasteiger partial charge in [0.1, 0.15) is 0 Å². The summed E-state index contributed by atoms with van der Waals surface area (Å²) in [5.74, 6) is -0.0941. The van der Waals surface area contributed by atoms with Crippen LogP contribution in [0.25, 0.3) is 0 Å². The van der Waals surface area contributed by atoms with Crippen LogP contribution in [0.15, 0.2) is 29.2 Å². The van der Waals surface area contributed by atoms with E-state index in [-0.39, 0.29) is 22.9 Å². The number of sulfonamides is 1. The van der Waals surface area contributed by atoms with Crippen molar-refractivity contribution in [2.24, 2.45) is 5.92 Å². The molecule has 1 aromatic carbocycles. The van der Waals surface area contributed by atoms with Gasteiger partial charge in [-0.1, -0.05) is 12.1 Å². The van der Waals surface area contributed by atoms with Crippen molar-refractivity contribution in [1.29, 1.82) is 0 Å². The highest BCUT2D eigenvalue weighted by atomic mass is 32.2. The van der Waals surface area contributed by atoms with E-state index in [0.717, 1.165) is 12.8 Å². The van der Waals surface area contributed by atoms with E-state index in [0.29, 0.717) is 31.9 Å². The number of nitrogens with zero attached hydrogens (tertiary/aromatic N) is 1. The maximum atomic E-state index is 12.9. The molecule has 0 bridgehead atoms. The third kappa shape index (κ3) is 3.47. The molecule has 7 heteroatoms. The summed E-state index contributed by atoms with van der Waals surface area (Å²) in [4.78, 5) is 11.7. The van der Waals surface area contributed by atoms with Crippen LogP contribution in [0.3, 0.4) is 0 Å². The van der Waals surface area contributed by atoms with Crippen LogP contribution in [0.2, 0.25) is 0 Å². The van der Waals surface area contributed by atoms with Crippen molar-refractivity contribution in [3.8, 4) is 0 Å². The van der Waals surface area contributed by atoms with Gasteiger partial charge in [0.2, 0.25) is 10.0 Å². The molecule has 0 aromatic heterocycles. The Kier molecular flexibility index (Phi) is 4.82. The van der Waals surface area contributed by atoms with Crippen molar-refractivity contribution in [1.82, 2.24) is 4.31 Å². The van der Waals surface area contributed by atoms with Crippen LogP contribution in [-0.2, 0) is 19.5 Å². The Hall–Kier alpha value is -1.28. The zero-order valence-corrected chi connectivity index (χ0v) is 13.9. The summed E-state index contributed by atoms with van der Waals surface area (Å²) in [5, 5.41) is 0. The second kappa shape index (κ2) is 6.68. The zero-order valence-electron chi connectivity index (χ0n) is 13.1. The minimum absolute atomic E-state index is 0.0528. The molecule has 0 radical (unpaired) electrons. The van der Waals surface area contributed by atoms with E-state index >= 15 is 0 Å². The van der Waals surface area contributed by atoms with Crippen molar-refractivity contribution in [2.75, 3.05) is 26.3 Å². The van der Waals surface area contributed by atoms with Gasteiger partial charge in [-0.15, -0.1) is 0 Å². The van der Waals surface area contributed by atoms with E-state index in [1.54, 1.807) is 12.1 Å². The molecule has 0 aliphatic carbocycles. The quantitative estimate of drug-likeness (QED) is 0.780. The van der Waals surface area contributed by atoms with Crippen LogP contribution in [-0.4, -0.2) is 51.1 Å². The first kappa shape index (κ1) is 16.6. The topological polar surface area (TPSA) is 72.9 Å². The average molecular weight is 339 g/mol. The van der Waals surface area contributed by atoms with Gasteiger partial charge in [-0.3, -0.25) is 4.79 Å². The summed E-state index contributed by atoms with van der Waals surface area (Å²) < 4.78 is 38.2. The van der Waals surface area contributed by atoms with E-state index in [4.69, 9.17) is 9.47 Å². The number of carbonyl (C=O) groups is 1.